The summed E-state index contributed by atoms with van der Waals surface area (Å²) in [5.74, 6) is 0.365. The number of hydrogen-bond donors (Lipinski definition) is 1. The van der Waals surface area contributed by atoms with Gasteiger partial charge >= 0.3 is 0 Å². The molecule has 1 unspecified atom stereocenters. The molecule has 4 heteroatoms. The average molecular weight is 214 g/mol. The zero-order valence-electron chi connectivity index (χ0n) is 9.04. The van der Waals surface area contributed by atoms with Crippen molar-refractivity contribution in [3.63, 3.8) is 0 Å². The Labute approximate surface area is 90.0 Å². The zero-order valence-corrected chi connectivity index (χ0v) is 9.04. The van der Waals surface area contributed by atoms with Crippen LogP contribution < -0.4 is 5.32 Å². The molecular formula is C11H19FN2O. The lowest BCUT2D eigenvalue weighted by Gasteiger charge is -2.33. The monoisotopic (exact) mass is 214 g/mol. The van der Waals surface area contributed by atoms with Crippen molar-refractivity contribution in [3.05, 3.63) is 0 Å². The maximum Gasteiger partial charge on any atom is 0.226 e. The van der Waals surface area contributed by atoms with E-state index in [4.69, 9.17) is 0 Å². The van der Waals surface area contributed by atoms with Crippen LogP contribution >= 0.6 is 0 Å². The standard InChI is InChI=1S/C11H19FN2O/c12-10-3-6-14(7-4-10)11(15)9-2-1-5-13-8-9/h9-10,13H,1-8H2. The average Bonchev–Trinajstić information content (AvgIpc) is 2.30. The van der Waals surface area contributed by atoms with E-state index in [-0.39, 0.29) is 11.8 Å². The van der Waals surface area contributed by atoms with Crippen molar-refractivity contribution in [3.8, 4) is 0 Å². The van der Waals surface area contributed by atoms with Crippen LogP contribution in [0.3, 0.4) is 0 Å². The van der Waals surface area contributed by atoms with Crippen molar-refractivity contribution in [1.29, 1.82) is 0 Å². The van der Waals surface area contributed by atoms with E-state index >= 15 is 0 Å². The predicted molar refractivity (Wildman–Crippen MR) is 56.3 cm³/mol. The Morgan fingerprint density at radius 2 is 2.00 bits per heavy atom. The third kappa shape index (κ3) is 2.68. The third-order valence-electron chi connectivity index (χ3n) is 3.38. The van der Waals surface area contributed by atoms with E-state index in [1.54, 1.807) is 0 Å². The summed E-state index contributed by atoms with van der Waals surface area (Å²) in [5.41, 5.74) is 0. The largest absolute Gasteiger partial charge is 0.342 e. The Hall–Kier alpha value is -0.640. The molecule has 2 heterocycles. The maximum absolute atomic E-state index is 12.9. The highest BCUT2D eigenvalue weighted by molar-refractivity contribution is 5.79. The van der Waals surface area contributed by atoms with Gasteiger partial charge in [-0.25, -0.2) is 4.39 Å². The molecule has 0 aromatic rings. The summed E-state index contributed by atoms with van der Waals surface area (Å²) in [6.07, 6.45) is 2.41. The molecule has 0 spiro atoms. The van der Waals surface area contributed by atoms with Crippen LogP contribution in [0.25, 0.3) is 0 Å². The summed E-state index contributed by atoms with van der Waals surface area (Å²) in [7, 11) is 0. The molecule has 0 radical (unpaired) electrons. The van der Waals surface area contributed by atoms with Gasteiger partial charge in [-0.2, -0.15) is 0 Å². The number of nitrogens with zero attached hydrogens (tertiary/aromatic N) is 1. The van der Waals surface area contributed by atoms with Crippen LogP contribution in [0.1, 0.15) is 25.7 Å². The van der Waals surface area contributed by atoms with Crippen LogP contribution in [-0.4, -0.2) is 43.2 Å². The van der Waals surface area contributed by atoms with Crippen molar-refractivity contribution >= 4 is 5.91 Å². The molecule has 0 aliphatic carbocycles. The highest BCUT2D eigenvalue weighted by atomic mass is 19.1. The van der Waals surface area contributed by atoms with E-state index in [0.717, 1.165) is 25.9 Å². The summed E-state index contributed by atoms with van der Waals surface area (Å²) in [5, 5.41) is 3.24. The number of likely N-dealkylation sites (tertiary alicyclic amines) is 1. The van der Waals surface area contributed by atoms with Gasteiger partial charge in [-0.1, -0.05) is 0 Å². The van der Waals surface area contributed by atoms with E-state index in [9.17, 15) is 9.18 Å². The summed E-state index contributed by atoms with van der Waals surface area (Å²) in [6.45, 7) is 3.04. The van der Waals surface area contributed by atoms with Crippen LogP contribution in [0.4, 0.5) is 4.39 Å². The van der Waals surface area contributed by atoms with Crippen LogP contribution in [0.5, 0.6) is 0 Å². The quantitative estimate of drug-likeness (QED) is 0.704. The Kier molecular flexibility index (Phi) is 3.57. The molecule has 2 aliphatic heterocycles. The first-order valence-electron chi connectivity index (χ1n) is 5.91. The van der Waals surface area contributed by atoms with Crippen LogP contribution in [-0.2, 0) is 4.79 Å². The number of carbonyl (C=O) groups is 1. The second-order valence-corrected chi connectivity index (χ2v) is 4.54. The van der Waals surface area contributed by atoms with Crippen LogP contribution in [0, 0.1) is 5.92 Å². The fourth-order valence-electron chi connectivity index (χ4n) is 2.39. The molecule has 2 rings (SSSR count). The number of piperidine rings is 2. The predicted octanol–water partition coefficient (Wildman–Crippen LogP) is 0.946. The summed E-state index contributed by atoms with van der Waals surface area (Å²) < 4.78 is 12.9. The van der Waals surface area contributed by atoms with Crippen molar-refractivity contribution < 1.29 is 9.18 Å². The first kappa shape index (κ1) is 10.9. The molecule has 1 amide bonds. The minimum Gasteiger partial charge on any atom is -0.342 e. The van der Waals surface area contributed by atoms with E-state index in [1.807, 2.05) is 4.90 Å². The molecule has 2 aliphatic rings. The third-order valence-corrected chi connectivity index (χ3v) is 3.38. The van der Waals surface area contributed by atoms with Crippen molar-refractivity contribution in [2.75, 3.05) is 26.2 Å². The minimum atomic E-state index is -0.696. The lowest BCUT2D eigenvalue weighted by atomic mass is 9.97. The minimum absolute atomic E-state index is 0.134. The molecule has 0 aromatic carbocycles. The summed E-state index contributed by atoms with van der Waals surface area (Å²) >= 11 is 0. The summed E-state index contributed by atoms with van der Waals surface area (Å²) in [4.78, 5) is 13.9. The normalized spacial score (nSPS) is 29.1. The molecule has 86 valence electrons. The lowest BCUT2D eigenvalue weighted by molar-refractivity contribution is -0.137. The van der Waals surface area contributed by atoms with Gasteiger partial charge in [-0.15, -0.1) is 0 Å². The second kappa shape index (κ2) is 4.92. The van der Waals surface area contributed by atoms with E-state index in [1.165, 1.54) is 0 Å². The smallest absolute Gasteiger partial charge is 0.226 e. The summed E-state index contributed by atoms with van der Waals surface area (Å²) in [6, 6.07) is 0. The zero-order chi connectivity index (χ0) is 10.7. The van der Waals surface area contributed by atoms with Gasteiger partial charge in [0, 0.05) is 19.6 Å². The van der Waals surface area contributed by atoms with E-state index in [0.29, 0.717) is 25.9 Å². The molecule has 0 saturated carbocycles. The Bertz CT molecular complexity index is 221. The van der Waals surface area contributed by atoms with E-state index < -0.39 is 6.17 Å². The van der Waals surface area contributed by atoms with Crippen LogP contribution in [0.2, 0.25) is 0 Å². The van der Waals surface area contributed by atoms with Gasteiger partial charge in [0.15, 0.2) is 0 Å². The van der Waals surface area contributed by atoms with Gasteiger partial charge < -0.3 is 10.2 Å². The maximum atomic E-state index is 12.9. The van der Waals surface area contributed by atoms with Gasteiger partial charge in [-0.05, 0) is 32.2 Å². The van der Waals surface area contributed by atoms with Crippen LogP contribution in [0.15, 0.2) is 0 Å². The molecule has 2 fully saturated rings. The fourth-order valence-corrected chi connectivity index (χ4v) is 2.39. The highest BCUT2D eigenvalue weighted by Crippen LogP contribution is 2.18. The van der Waals surface area contributed by atoms with Gasteiger partial charge in [0.05, 0.1) is 5.92 Å². The molecule has 0 bridgehead atoms. The number of nitrogens with one attached hydrogen (secondary N) is 1. The SMILES string of the molecule is O=C(C1CCCNC1)N1CCC(F)CC1. The first-order valence-corrected chi connectivity index (χ1v) is 5.91. The number of carbonyl (C=O) groups excluding carboxylic acids is 1. The molecular weight excluding hydrogens is 195 g/mol. The number of alkyl halides is 1. The van der Waals surface area contributed by atoms with Gasteiger partial charge in [0.1, 0.15) is 6.17 Å². The number of amides is 1. The van der Waals surface area contributed by atoms with Gasteiger partial charge in [-0.3, -0.25) is 4.79 Å². The molecule has 1 atom stereocenters. The van der Waals surface area contributed by atoms with Crippen molar-refractivity contribution in [1.82, 2.24) is 10.2 Å². The Morgan fingerprint density at radius 1 is 1.27 bits per heavy atom. The number of halogens is 1. The molecule has 15 heavy (non-hydrogen) atoms. The topological polar surface area (TPSA) is 32.3 Å². The lowest BCUT2D eigenvalue weighted by Crippen LogP contribution is -2.46. The first-order chi connectivity index (χ1) is 7.27. The second-order valence-electron chi connectivity index (χ2n) is 4.54. The van der Waals surface area contributed by atoms with Gasteiger partial charge in [0.2, 0.25) is 5.91 Å². The van der Waals surface area contributed by atoms with Crippen molar-refractivity contribution in [2.24, 2.45) is 5.92 Å². The highest BCUT2D eigenvalue weighted by Gasteiger charge is 2.28. The number of hydrogen-bond acceptors (Lipinski definition) is 2. The van der Waals surface area contributed by atoms with Gasteiger partial charge in [0.25, 0.3) is 0 Å². The Balaban J connectivity index is 1.84. The molecule has 0 aromatic heterocycles. The molecule has 2 saturated heterocycles. The van der Waals surface area contributed by atoms with E-state index in [2.05, 4.69) is 5.32 Å². The Morgan fingerprint density at radius 3 is 2.60 bits per heavy atom. The number of rotatable bonds is 1. The molecule has 3 nitrogen and oxygen atoms in total. The van der Waals surface area contributed by atoms with Crippen molar-refractivity contribution in [2.45, 2.75) is 31.9 Å². The molecule has 1 N–H and O–H groups in total. The fraction of sp³-hybridized carbons (Fsp3) is 0.909.